The van der Waals surface area contributed by atoms with Crippen molar-refractivity contribution >= 4 is 11.9 Å². The molecule has 0 spiro atoms. The molecule has 0 amide bonds. The van der Waals surface area contributed by atoms with Gasteiger partial charge in [0.15, 0.2) is 0 Å². The number of benzene rings is 2. The van der Waals surface area contributed by atoms with Gasteiger partial charge in [0.25, 0.3) is 0 Å². The van der Waals surface area contributed by atoms with Crippen LogP contribution in [0.5, 0.6) is 0 Å². The highest BCUT2D eigenvalue weighted by atomic mass is 16.6. The van der Waals surface area contributed by atoms with Crippen LogP contribution in [0.1, 0.15) is 114 Å². The largest absolute Gasteiger partial charge is 0.464 e. The Balaban J connectivity index is 1.42. The maximum atomic E-state index is 12.8. The Labute approximate surface area is 276 Å². The van der Waals surface area contributed by atoms with Crippen molar-refractivity contribution in [3.05, 3.63) is 71.3 Å². The van der Waals surface area contributed by atoms with E-state index in [1.165, 1.54) is 80.9 Å². The van der Waals surface area contributed by atoms with Crippen LogP contribution in [0.25, 0.3) is 11.1 Å². The third-order valence-electron chi connectivity index (χ3n) is 10.3. The predicted octanol–water partition coefficient (Wildman–Crippen LogP) is 8.55. The maximum Gasteiger partial charge on any atom is 0.335 e. The lowest BCUT2D eigenvalue weighted by Gasteiger charge is -2.30. The van der Waals surface area contributed by atoms with E-state index in [1.807, 2.05) is 12.1 Å². The van der Waals surface area contributed by atoms with Crippen LogP contribution in [0.3, 0.4) is 0 Å². The van der Waals surface area contributed by atoms with Crippen molar-refractivity contribution in [1.29, 1.82) is 0 Å². The summed E-state index contributed by atoms with van der Waals surface area (Å²) < 4.78 is 16.3. The van der Waals surface area contributed by atoms with E-state index >= 15 is 0 Å². The number of rotatable bonds is 16. The van der Waals surface area contributed by atoms with Crippen molar-refractivity contribution in [1.82, 2.24) is 0 Å². The first-order valence-electron chi connectivity index (χ1n) is 17.5. The van der Waals surface area contributed by atoms with Crippen LogP contribution in [-0.2, 0) is 30.2 Å². The summed E-state index contributed by atoms with van der Waals surface area (Å²) in [5.41, 5.74) is 5.27. The molecule has 0 saturated heterocycles. The number of methoxy groups -OCH3 is 1. The second-order valence-corrected chi connectivity index (χ2v) is 14.3. The Kier molecular flexibility index (Phi) is 13.5. The highest BCUT2D eigenvalue weighted by Gasteiger charge is 2.31. The zero-order chi connectivity index (χ0) is 33.1. The van der Waals surface area contributed by atoms with E-state index in [2.05, 4.69) is 43.8 Å². The average Bonchev–Trinajstić information content (AvgIpc) is 3.60. The molecule has 2 aromatic carbocycles. The van der Waals surface area contributed by atoms with Crippen LogP contribution >= 0.6 is 0 Å². The molecule has 0 aromatic heterocycles. The summed E-state index contributed by atoms with van der Waals surface area (Å²) in [6.45, 7) is 9.11. The smallest absolute Gasteiger partial charge is 0.335 e. The number of carbonyl (C=O) groups excluding carboxylic acids is 2. The Morgan fingerprint density at radius 3 is 2.15 bits per heavy atom. The topological polar surface area (TPSA) is 82.1 Å². The molecule has 46 heavy (non-hydrogen) atoms. The molecule has 252 valence electrons. The first-order chi connectivity index (χ1) is 22.1. The van der Waals surface area contributed by atoms with Gasteiger partial charge in [0.1, 0.15) is 13.2 Å². The van der Waals surface area contributed by atoms with Crippen molar-refractivity contribution in [2.45, 2.75) is 103 Å². The second-order valence-electron chi connectivity index (χ2n) is 14.3. The lowest BCUT2D eigenvalue weighted by molar-refractivity contribution is -0.158. The fourth-order valence-corrected chi connectivity index (χ4v) is 7.31. The molecular weight excluding hydrogens is 576 g/mol. The van der Waals surface area contributed by atoms with Crippen LogP contribution < -0.4 is 0 Å². The van der Waals surface area contributed by atoms with Gasteiger partial charge in [-0.1, -0.05) is 94.5 Å². The predicted molar refractivity (Wildman–Crippen MR) is 184 cm³/mol. The van der Waals surface area contributed by atoms with E-state index in [0.29, 0.717) is 5.92 Å². The molecule has 2 aromatic rings. The normalized spacial score (nSPS) is 19.5. The number of ether oxygens (including phenoxy) is 3. The van der Waals surface area contributed by atoms with Crippen LogP contribution in [0.4, 0.5) is 0 Å². The van der Waals surface area contributed by atoms with E-state index in [0.717, 1.165) is 29.4 Å². The molecule has 6 nitrogen and oxygen atoms in total. The highest BCUT2D eigenvalue weighted by Crippen LogP contribution is 2.40. The summed E-state index contributed by atoms with van der Waals surface area (Å²) in [7, 11) is 1.55. The van der Waals surface area contributed by atoms with Gasteiger partial charge in [0.2, 0.25) is 0 Å². The first-order valence-corrected chi connectivity index (χ1v) is 17.5. The van der Waals surface area contributed by atoms with E-state index in [4.69, 9.17) is 14.2 Å². The molecule has 6 heteroatoms. The van der Waals surface area contributed by atoms with Gasteiger partial charge in [-0.25, -0.2) is 4.79 Å². The molecule has 0 bridgehead atoms. The molecule has 2 saturated carbocycles. The van der Waals surface area contributed by atoms with Crippen molar-refractivity contribution < 1.29 is 28.9 Å². The van der Waals surface area contributed by atoms with Gasteiger partial charge in [-0.15, -0.1) is 0 Å². The zero-order valence-electron chi connectivity index (χ0n) is 28.7. The van der Waals surface area contributed by atoms with Crippen molar-refractivity contribution in [2.75, 3.05) is 33.5 Å². The Hall–Kier alpha value is -2.96. The van der Waals surface area contributed by atoms with E-state index < -0.39 is 18.0 Å². The van der Waals surface area contributed by atoms with E-state index in [9.17, 15) is 14.7 Å². The second kappa shape index (κ2) is 17.3. The minimum Gasteiger partial charge on any atom is -0.464 e. The number of carbonyl (C=O) groups is 2. The monoisotopic (exact) mass is 632 g/mol. The number of hydrogen-bond donors (Lipinski definition) is 1. The molecule has 1 atom stereocenters. The summed E-state index contributed by atoms with van der Waals surface area (Å²) in [6, 6.07) is 15.3. The molecule has 2 aliphatic carbocycles. The Bertz CT molecular complexity index is 1280. The number of aliphatic hydroxyl groups is 1. The molecule has 0 radical (unpaired) electrons. The average molecular weight is 633 g/mol. The van der Waals surface area contributed by atoms with Crippen LogP contribution in [-0.4, -0.2) is 50.6 Å². The number of aliphatic hydroxyl groups excluding tert-OH is 1. The van der Waals surface area contributed by atoms with Crippen molar-refractivity contribution in [3.8, 4) is 11.1 Å². The number of esters is 2. The van der Waals surface area contributed by atoms with Crippen LogP contribution in [0, 0.1) is 17.3 Å². The standard InChI is InChI=1S/C40H56O6/c1-6-31-23-35(32-15-13-30(14-16-32)12-11-29-9-7-8-10-29)21-22-37(31)34-19-17-33(18-20-34)36(25-45-38(42)28(2)24-41)26-46-39(43)40(3,4)27-44-5/h17-23,29-30,32,36,41H,2,6-16,24-27H2,1,3-5H3. The van der Waals surface area contributed by atoms with Gasteiger partial charge >= 0.3 is 11.9 Å². The van der Waals surface area contributed by atoms with Gasteiger partial charge in [-0.05, 0) is 91.5 Å². The molecule has 0 aliphatic heterocycles. The van der Waals surface area contributed by atoms with Gasteiger partial charge in [-0.3, -0.25) is 4.79 Å². The molecule has 2 fully saturated rings. The van der Waals surface area contributed by atoms with Gasteiger partial charge in [-0.2, -0.15) is 0 Å². The molecule has 1 unspecified atom stereocenters. The van der Waals surface area contributed by atoms with E-state index in [-0.39, 0.29) is 37.3 Å². The van der Waals surface area contributed by atoms with Crippen LogP contribution in [0.15, 0.2) is 54.6 Å². The third kappa shape index (κ3) is 9.78. The molecule has 2 aliphatic rings. The Morgan fingerprint density at radius 1 is 0.913 bits per heavy atom. The molecule has 4 rings (SSSR count). The molecule has 1 N–H and O–H groups in total. The van der Waals surface area contributed by atoms with Crippen molar-refractivity contribution in [3.63, 3.8) is 0 Å². The van der Waals surface area contributed by atoms with Crippen molar-refractivity contribution in [2.24, 2.45) is 17.3 Å². The summed E-state index contributed by atoms with van der Waals surface area (Å²) in [6.07, 6.45) is 15.0. The van der Waals surface area contributed by atoms with E-state index in [1.54, 1.807) is 21.0 Å². The zero-order valence-corrected chi connectivity index (χ0v) is 28.7. The summed E-state index contributed by atoms with van der Waals surface area (Å²) in [4.78, 5) is 25.0. The van der Waals surface area contributed by atoms with Gasteiger partial charge < -0.3 is 19.3 Å². The maximum absolute atomic E-state index is 12.8. The first kappa shape index (κ1) is 35.9. The summed E-state index contributed by atoms with van der Waals surface area (Å²) in [5.74, 6) is 1.15. The lowest BCUT2D eigenvalue weighted by Crippen LogP contribution is -2.32. The van der Waals surface area contributed by atoms with Crippen LogP contribution in [0.2, 0.25) is 0 Å². The SMILES string of the molecule is C=C(CO)C(=O)OCC(COC(=O)C(C)(C)COC)c1ccc(-c2ccc(C3CCC(CCC4CCCC4)CC3)cc2CC)cc1. The molecular formula is C40H56O6. The highest BCUT2D eigenvalue weighted by molar-refractivity contribution is 5.87. The van der Waals surface area contributed by atoms with Gasteiger partial charge in [0.05, 0.1) is 30.1 Å². The minimum atomic E-state index is -0.804. The fourth-order valence-electron chi connectivity index (χ4n) is 7.31. The quantitative estimate of drug-likeness (QED) is 0.148. The molecule has 0 heterocycles. The number of aryl methyl sites for hydroxylation is 1. The lowest BCUT2D eigenvalue weighted by atomic mass is 9.76. The third-order valence-corrected chi connectivity index (χ3v) is 10.3. The summed E-state index contributed by atoms with van der Waals surface area (Å²) in [5, 5.41) is 9.26. The fraction of sp³-hybridized carbons (Fsp3) is 0.600. The minimum absolute atomic E-state index is 0.00702. The Morgan fingerprint density at radius 2 is 1.54 bits per heavy atom. The van der Waals surface area contributed by atoms with Gasteiger partial charge in [0, 0.05) is 7.11 Å². The number of hydrogen-bond acceptors (Lipinski definition) is 6. The summed E-state index contributed by atoms with van der Waals surface area (Å²) >= 11 is 0.